The Balaban J connectivity index is 3.33. The summed E-state index contributed by atoms with van der Waals surface area (Å²) in [5.41, 5.74) is 4.80. The van der Waals surface area contributed by atoms with Gasteiger partial charge in [-0.15, -0.1) is 0 Å². The van der Waals surface area contributed by atoms with Gasteiger partial charge in [0.1, 0.15) is 0 Å². The summed E-state index contributed by atoms with van der Waals surface area (Å²) in [6, 6.07) is 1.61. The van der Waals surface area contributed by atoms with Crippen LogP contribution in [0.5, 0.6) is 0 Å². The van der Waals surface area contributed by atoms with E-state index in [1.807, 2.05) is 0 Å². The van der Waals surface area contributed by atoms with Gasteiger partial charge in [0.25, 0.3) is 0 Å². The number of benzene rings is 1. The molecule has 0 saturated heterocycles. The third kappa shape index (κ3) is 1.61. The molecule has 0 aliphatic heterocycles. The first-order chi connectivity index (χ1) is 5.52. The molecule has 0 atom stereocenters. The summed E-state index contributed by atoms with van der Waals surface area (Å²) in [4.78, 5) is 10.6. The van der Waals surface area contributed by atoms with Crippen LogP contribution in [0.2, 0.25) is 0 Å². The van der Waals surface area contributed by atoms with Crippen LogP contribution >= 0.6 is 15.9 Å². The first-order valence-electron chi connectivity index (χ1n) is 2.96. The Kier molecular flexibility index (Phi) is 2.42. The highest BCUT2D eigenvalue weighted by atomic mass is 79.9. The summed E-state index contributed by atoms with van der Waals surface area (Å²) in [6.07, 6.45) is 0. The molecule has 0 bridgehead atoms. The Bertz CT molecular complexity index is 340. The standard InChI is InChI=1S/C7H4BrF2NO/c8-4-2-6(10)5(9)1-3(4)7(11)12/h1-2H,(H2,11,12). The maximum absolute atomic E-state index is 12.5. The molecular formula is C7H4BrF2NO. The van der Waals surface area contributed by atoms with E-state index in [1.54, 1.807) is 0 Å². The van der Waals surface area contributed by atoms with E-state index in [9.17, 15) is 13.6 Å². The van der Waals surface area contributed by atoms with Gasteiger partial charge < -0.3 is 5.73 Å². The van der Waals surface area contributed by atoms with Gasteiger partial charge in [-0.1, -0.05) is 0 Å². The van der Waals surface area contributed by atoms with Crippen LogP contribution in [0, 0.1) is 11.6 Å². The molecule has 0 unspecified atom stereocenters. The predicted octanol–water partition coefficient (Wildman–Crippen LogP) is 1.83. The lowest BCUT2D eigenvalue weighted by atomic mass is 10.2. The van der Waals surface area contributed by atoms with E-state index in [0.717, 1.165) is 12.1 Å². The fourth-order valence-corrected chi connectivity index (χ4v) is 1.22. The molecule has 0 aliphatic carbocycles. The summed E-state index contributed by atoms with van der Waals surface area (Å²) in [5, 5.41) is 0. The van der Waals surface area contributed by atoms with E-state index in [-0.39, 0.29) is 10.0 Å². The van der Waals surface area contributed by atoms with Gasteiger partial charge in [-0.25, -0.2) is 8.78 Å². The smallest absolute Gasteiger partial charge is 0.249 e. The molecule has 5 heteroatoms. The Morgan fingerprint density at radius 3 is 2.33 bits per heavy atom. The Morgan fingerprint density at radius 2 is 1.83 bits per heavy atom. The fraction of sp³-hybridized carbons (Fsp3) is 0. The maximum Gasteiger partial charge on any atom is 0.249 e. The third-order valence-corrected chi connectivity index (χ3v) is 1.93. The minimum absolute atomic E-state index is 0.0751. The van der Waals surface area contributed by atoms with Crippen LogP contribution in [0.4, 0.5) is 8.78 Å². The monoisotopic (exact) mass is 235 g/mol. The number of carbonyl (C=O) groups is 1. The number of primary amides is 1. The van der Waals surface area contributed by atoms with Crippen molar-refractivity contribution in [2.75, 3.05) is 0 Å². The summed E-state index contributed by atoms with van der Waals surface area (Å²) in [6.45, 7) is 0. The topological polar surface area (TPSA) is 43.1 Å². The quantitative estimate of drug-likeness (QED) is 0.742. The first-order valence-corrected chi connectivity index (χ1v) is 3.76. The minimum atomic E-state index is -1.09. The van der Waals surface area contributed by atoms with E-state index in [0.29, 0.717) is 0 Å². The van der Waals surface area contributed by atoms with Crippen molar-refractivity contribution >= 4 is 21.8 Å². The van der Waals surface area contributed by atoms with Crippen LogP contribution in [-0.4, -0.2) is 5.91 Å². The molecule has 2 N–H and O–H groups in total. The highest BCUT2D eigenvalue weighted by Crippen LogP contribution is 2.19. The van der Waals surface area contributed by atoms with E-state index in [1.165, 1.54) is 0 Å². The number of halogens is 3. The highest BCUT2D eigenvalue weighted by molar-refractivity contribution is 9.10. The van der Waals surface area contributed by atoms with Gasteiger partial charge in [-0.05, 0) is 28.1 Å². The second-order valence-electron chi connectivity index (χ2n) is 2.11. The minimum Gasteiger partial charge on any atom is -0.366 e. The lowest BCUT2D eigenvalue weighted by Crippen LogP contribution is -2.12. The van der Waals surface area contributed by atoms with Crippen LogP contribution in [0.15, 0.2) is 16.6 Å². The third-order valence-electron chi connectivity index (χ3n) is 1.28. The fourth-order valence-electron chi connectivity index (χ4n) is 0.711. The largest absolute Gasteiger partial charge is 0.366 e. The SMILES string of the molecule is NC(=O)c1cc(F)c(F)cc1Br. The number of hydrogen-bond donors (Lipinski definition) is 1. The lowest BCUT2D eigenvalue weighted by Gasteiger charge is -1.99. The first kappa shape index (κ1) is 9.12. The molecule has 0 heterocycles. The van der Waals surface area contributed by atoms with Gasteiger partial charge >= 0.3 is 0 Å². The molecule has 0 aromatic heterocycles. The zero-order valence-corrected chi connectivity index (χ0v) is 7.36. The molecule has 0 radical (unpaired) electrons. The highest BCUT2D eigenvalue weighted by Gasteiger charge is 2.11. The number of hydrogen-bond acceptors (Lipinski definition) is 1. The van der Waals surface area contributed by atoms with Crippen LogP contribution < -0.4 is 5.73 Å². The number of carbonyl (C=O) groups excluding carboxylic acids is 1. The molecular weight excluding hydrogens is 232 g/mol. The molecule has 1 aromatic rings. The second kappa shape index (κ2) is 3.18. The van der Waals surface area contributed by atoms with Crippen molar-refractivity contribution in [3.63, 3.8) is 0 Å². The molecule has 1 rings (SSSR count). The van der Waals surface area contributed by atoms with Crippen molar-refractivity contribution < 1.29 is 13.6 Å². The predicted molar refractivity (Wildman–Crippen MR) is 42.6 cm³/mol. The molecule has 1 amide bonds. The zero-order valence-electron chi connectivity index (χ0n) is 5.77. The van der Waals surface area contributed by atoms with Gasteiger partial charge in [0.05, 0.1) is 5.56 Å². The van der Waals surface area contributed by atoms with Gasteiger partial charge in [-0.3, -0.25) is 4.79 Å². The van der Waals surface area contributed by atoms with E-state index >= 15 is 0 Å². The second-order valence-corrected chi connectivity index (χ2v) is 2.96. The van der Waals surface area contributed by atoms with Crippen LogP contribution in [-0.2, 0) is 0 Å². The molecule has 0 fully saturated rings. The van der Waals surface area contributed by atoms with Crippen LogP contribution in [0.25, 0.3) is 0 Å². The summed E-state index contributed by atoms with van der Waals surface area (Å²) >= 11 is 2.87. The molecule has 2 nitrogen and oxygen atoms in total. The van der Waals surface area contributed by atoms with Gasteiger partial charge in [0.2, 0.25) is 5.91 Å². The molecule has 0 aliphatic rings. The van der Waals surface area contributed by atoms with E-state index in [2.05, 4.69) is 15.9 Å². The van der Waals surface area contributed by atoms with Crippen molar-refractivity contribution in [2.45, 2.75) is 0 Å². The Hall–Kier alpha value is -0.970. The Labute approximate surface area is 75.5 Å². The number of amides is 1. The average Bonchev–Trinajstić information content (AvgIpc) is 1.96. The summed E-state index contributed by atoms with van der Waals surface area (Å²) in [7, 11) is 0. The van der Waals surface area contributed by atoms with Crippen molar-refractivity contribution in [2.24, 2.45) is 5.73 Å². The summed E-state index contributed by atoms with van der Waals surface area (Å²) < 4.78 is 25.1. The van der Waals surface area contributed by atoms with Crippen molar-refractivity contribution in [1.82, 2.24) is 0 Å². The van der Waals surface area contributed by atoms with Gasteiger partial charge in [-0.2, -0.15) is 0 Å². The molecule has 64 valence electrons. The van der Waals surface area contributed by atoms with E-state index in [4.69, 9.17) is 5.73 Å². The van der Waals surface area contributed by atoms with Crippen LogP contribution in [0.3, 0.4) is 0 Å². The van der Waals surface area contributed by atoms with Crippen molar-refractivity contribution in [1.29, 1.82) is 0 Å². The normalized spacial score (nSPS) is 9.92. The van der Waals surface area contributed by atoms with E-state index < -0.39 is 17.5 Å². The number of rotatable bonds is 1. The van der Waals surface area contributed by atoms with Crippen molar-refractivity contribution in [3.05, 3.63) is 33.8 Å². The van der Waals surface area contributed by atoms with Gasteiger partial charge in [0, 0.05) is 4.47 Å². The number of nitrogens with two attached hydrogens (primary N) is 1. The van der Waals surface area contributed by atoms with Crippen LogP contribution in [0.1, 0.15) is 10.4 Å². The van der Waals surface area contributed by atoms with Gasteiger partial charge in [0.15, 0.2) is 11.6 Å². The molecule has 1 aromatic carbocycles. The molecule has 0 saturated carbocycles. The lowest BCUT2D eigenvalue weighted by molar-refractivity contribution is 0.0999. The van der Waals surface area contributed by atoms with Crippen molar-refractivity contribution in [3.8, 4) is 0 Å². The molecule has 0 spiro atoms. The average molecular weight is 236 g/mol. The molecule has 12 heavy (non-hydrogen) atoms. The maximum atomic E-state index is 12.5. The Morgan fingerprint density at radius 1 is 1.33 bits per heavy atom. The zero-order chi connectivity index (χ0) is 9.30. The summed E-state index contributed by atoms with van der Waals surface area (Å²) in [5.74, 6) is -2.92.